The van der Waals surface area contributed by atoms with Crippen molar-refractivity contribution in [3.8, 4) is 0 Å². The Kier molecular flexibility index (Phi) is 5.14. The highest BCUT2D eigenvalue weighted by atomic mass is 32.2. The fraction of sp³-hybridized carbons (Fsp3) is 0.556. The van der Waals surface area contributed by atoms with Crippen LogP contribution in [-0.2, 0) is 0 Å². The van der Waals surface area contributed by atoms with E-state index in [1.165, 1.54) is 18.4 Å². The molecule has 1 heterocycles. The van der Waals surface area contributed by atoms with Crippen molar-refractivity contribution in [1.29, 1.82) is 0 Å². The summed E-state index contributed by atoms with van der Waals surface area (Å²) in [4.78, 5) is 17.7. The second-order valence-electron chi connectivity index (χ2n) is 2.89. The van der Waals surface area contributed by atoms with Crippen molar-refractivity contribution >= 4 is 17.6 Å². The summed E-state index contributed by atoms with van der Waals surface area (Å²) in [5.74, 6) is 1.58. The molecule has 78 valence electrons. The third kappa shape index (κ3) is 3.83. The first-order valence-corrected chi connectivity index (χ1v) is 6.00. The van der Waals surface area contributed by atoms with Crippen LogP contribution in [0.25, 0.3) is 0 Å². The molecule has 0 amide bonds. The van der Waals surface area contributed by atoms with E-state index in [1.807, 2.05) is 11.8 Å². The summed E-state index contributed by atoms with van der Waals surface area (Å²) in [7, 11) is 0. The minimum Gasteiger partial charge on any atom is -0.365 e. The summed E-state index contributed by atoms with van der Waals surface area (Å²) in [6.07, 6.45) is 7.43. The molecule has 0 radical (unpaired) electrons. The Labute approximate surface area is 87.5 Å². The summed E-state index contributed by atoms with van der Waals surface area (Å²) in [5.41, 5.74) is -0.155. The average molecular weight is 213 g/mol. The van der Waals surface area contributed by atoms with Crippen LogP contribution in [0.15, 0.2) is 17.2 Å². The molecular weight excluding hydrogens is 198 g/mol. The van der Waals surface area contributed by atoms with E-state index < -0.39 is 0 Å². The third-order valence-electron chi connectivity index (χ3n) is 1.78. The normalized spacial score (nSPS) is 10.1. The number of aromatic nitrogens is 2. The van der Waals surface area contributed by atoms with Crippen molar-refractivity contribution in [3.63, 3.8) is 0 Å². The standard InChI is InChI=1S/C9H15N3OS/c1-14-7-3-2-4-10-8-9(13)12-6-5-11-8/h5-6H,2-4,7H2,1H3,(H,10,11)(H,12,13). The van der Waals surface area contributed by atoms with Gasteiger partial charge in [-0.1, -0.05) is 0 Å². The van der Waals surface area contributed by atoms with Gasteiger partial charge in [0, 0.05) is 18.9 Å². The Morgan fingerprint density at radius 3 is 3.14 bits per heavy atom. The number of thioether (sulfide) groups is 1. The maximum atomic E-state index is 11.2. The van der Waals surface area contributed by atoms with Crippen LogP contribution in [0.1, 0.15) is 12.8 Å². The van der Waals surface area contributed by atoms with Gasteiger partial charge in [-0.3, -0.25) is 4.79 Å². The lowest BCUT2D eigenvalue weighted by Gasteiger charge is -2.02. The van der Waals surface area contributed by atoms with Gasteiger partial charge in [0.15, 0.2) is 5.82 Å². The van der Waals surface area contributed by atoms with Crippen LogP contribution in [0.5, 0.6) is 0 Å². The van der Waals surface area contributed by atoms with Crippen molar-refractivity contribution in [2.24, 2.45) is 0 Å². The molecule has 2 N–H and O–H groups in total. The van der Waals surface area contributed by atoms with E-state index in [1.54, 1.807) is 6.20 Å². The largest absolute Gasteiger partial charge is 0.365 e. The lowest BCUT2D eigenvalue weighted by Crippen LogP contribution is -2.16. The number of H-pyrrole nitrogens is 1. The molecule has 1 aromatic heterocycles. The van der Waals surface area contributed by atoms with E-state index in [2.05, 4.69) is 21.5 Å². The van der Waals surface area contributed by atoms with E-state index in [4.69, 9.17) is 0 Å². The number of rotatable bonds is 6. The van der Waals surface area contributed by atoms with Crippen LogP contribution in [0, 0.1) is 0 Å². The van der Waals surface area contributed by atoms with Gasteiger partial charge < -0.3 is 10.3 Å². The zero-order valence-electron chi connectivity index (χ0n) is 8.25. The first-order chi connectivity index (χ1) is 6.84. The Hall–Kier alpha value is -0.970. The molecule has 0 fully saturated rings. The number of nitrogens with zero attached hydrogens (tertiary/aromatic N) is 1. The second-order valence-corrected chi connectivity index (χ2v) is 3.88. The minimum atomic E-state index is -0.155. The van der Waals surface area contributed by atoms with E-state index in [0.29, 0.717) is 5.82 Å². The molecule has 0 atom stereocenters. The molecule has 1 aromatic rings. The quantitative estimate of drug-likeness (QED) is 0.700. The highest BCUT2D eigenvalue weighted by Gasteiger charge is 1.96. The van der Waals surface area contributed by atoms with Crippen molar-refractivity contribution in [1.82, 2.24) is 9.97 Å². The summed E-state index contributed by atoms with van der Waals surface area (Å²) in [6, 6.07) is 0. The maximum Gasteiger partial charge on any atom is 0.290 e. The first kappa shape index (κ1) is 11.1. The lowest BCUT2D eigenvalue weighted by atomic mass is 10.3. The zero-order chi connectivity index (χ0) is 10.2. The van der Waals surface area contributed by atoms with Crippen molar-refractivity contribution in [3.05, 3.63) is 22.7 Å². The Bertz CT molecular complexity index is 313. The van der Waals surface area contributed by atoms with Gasteiger partial charge in [-0.25, -0.2) is 4.98 Å². The molecular formula is C9H15N3OS. The second kappa shape index (κ2) is 6.48. The Balaban J connectivity index is 2.25. The molecule has 0 unspecified atom stereocenters. The molecule has 0 aliphatic heterocycles. The van der Waals surface area contributed by atoms with Crippen LogP contribution < -0.4 is 10.9 Å². The fourth-order valence-corrected chi connectivity index (χ4v) is 1.55. The molecule has 14 heavy (non-hydrogen) atoms. The number of nitrogens with one attached hydrogen (secondary N) is 2. The average Bonchev–Trinajstić information content (AvgIpc) is 2.20. The molecule has 5 heteroatoms. The molecule has 0 saturated heterocycles. The topological polar surface area (TPSA) is 57.8 Å². The van der Waals surface area contributed by atoms with Crippen LogP contribution in [0.3, 0.4) is 0 Å². The predicted molar refractivity (Wildman–Crippen MR) is 61.0 cm³/mol. The van der Waals surface area contributed by atoms with Crippen LogP contribution in [0.2, 0.25) is 0 Å². The number of hydrogen-bond donors (Lipinski definition) is 2. The van der Waals surface area contributed by atoms with Gasteiger partial charge in [0.25, 0.3) is 5.56 Å². The predicted octanol–water partition coefficient (Wildman–Crippen LogP) is 1.32. The number of anilines is 1. The highest BCUT2D eigenvalue weighted by Crippen LogP contribution is 1.99. The molecule has 4 nitrogen and oxygen atoms in total. The van der Waals surface area contributed by atoms with Crippen LogP contribution in [0.4, 0.5) is 5.82 Å². The third-order valence-corrected chi connectivity index (χ3v) is 2.47. The van der Waals surface area contributed by atoms with Crippen LogP contribution >= 0.6 is 11.8 Å². The molecule has 0 bridgehead atoms. The van der Waals surface area contributed by atoms with E-state index >= 15 is 0 Å². The molecule has 0 aliphatic carbocycles. The number of hydrogen-bond acceptors (Lipinski definition) is 4. The maximum absolute atomic E-state index is 11.2. The van der Waals surface area contributed by atoms with Gasteiger partial charge in [0.05, 0.1) is 0 Å². The van der Waals surface area contributed by atoms with Gasteiger partial charge in [-0.15, -0.1) is 0 Å². The van der Waals surface area contributed by atoms with Gasteiger partial charge in [-0.05, 0) is 24.9 Å². The Morgan fingerprint density at radius 2 is 2.43 bits per heavy atom. The van der Waals surface area contributed by atoms with Gasteiger partial charge in [0.1, 0.15) is 0 Å². The van der Waals surface area contributed by atoms with E-state index in [9.17, 15) is 4.79 Å². The minimum absolute atomic E-state index is 0.155. The van der Waals surface area contributed by atoms with Crippen molar-refractivity contribution < 1.29 is 0 Å². The molecule has 1 rings (SSSR count). The summed E-state index contributed by atoms with van der Waals surface area (Å²) in [5, 5.41) is 3.01. The molecule has 0 aliphatic rings. The highest BCUT2D eigenvalue weighted by molar-refractivity contribution is 7.98. The SMILES string of the molecule is CSCCCCNc1ncc[nH]c1=O. The summed E-state index contributed by atoms with van der Waals surface area (Å²) in [6.45, 7) is 0.806. The zero-order valence-corrected chi connectivity index (χ0v) is 9.06. The lowest BCUT2D eigenvalue weighted by molar-refractivity contribution is 0.837. The van der Waals surface area contributed by atoms with Gasteiger partial charge >= 0.3 is 0 Å². The fourth-order valence-electron chi connectivity index (χ4n) is 1.06. The molecule has 0 saturated carbocycles. The first-order valence-electron chi connectivity index (χ1n) is 4.61. The van der Waals surface area contributed by atoms with Gasteiger partial charge in [-0.2, -0.15) is 11.8 Å². The van der Waals surface area contributed by atoms with E-state index in [0.717, 1.165) is 13.0 Å². The van der Waals surface area contributed by atoms with Crippen molar-refractivity contribution in [2.75, 3.05) is 23.9 Å². The summed E-state index contributed by atoms with van der Waals surface area (Å²) < 4.78 is 0. The smallest absolute Gasteiger partial charge is 0.290 e. The van der Waals surface area contributed by atoms with Crippen molar-refractivity contribution in [2.45, 2.75) is 12.8 Å². The van der Waals surface area contributed by atoms with Crippen LogP contribution in [-0.4, -0.2) is 28.5 Å². The number of aromatic amines is 1. The molecule has 0 aromatic carbocycles. The number of unbranched alkanes of at least 4 members (excludes halogenated alkanes) is 1. The van der Waals surface area contributed by atoms with E-state index in [-0.39, 0.29) is 5.56 Å². The molecule has 0 spiro atoms. The monoisotopic (exact) mass is 213 g/mol. The Morgan fingerprint density at radius 1 is 1.57 bits per heavy atom. The summed E-state index contributed by atoms with van der Waals surface area (Å²) >= 11 is 1.84. The van der Waals surface area contributed by atoms with Gasteiger partial charge in [0.2, 0.25) is 0 Å².